The first-order valence-corrected chi connectivity index (χ1v) is 13.3. The average molecular weight is 488 g/mol. The van der Waals surface area contributed by atoms with Crippen molar-refractivity contribution in [3.05, 3.63) is 93.2 Å². The third-order valence-corrected chi connectivity index (χ3v) is 8.40. The molecule has 2 aromatic carbocycles. The molecule has 3 heterocycles. The Morgan fingerprint density at radius 2 is 1.86 bits per heavy atom. The molecule has 2 aliphatic rings. The van der Waals surface area contributed by atoms with Crippen LogP contribution in [-0.4, -0.2) is 48.3 Å². The van der Waals surface area contributed by atoms with E-state index in [0.717, 1.165) is 42.9 Å². The van der Waals surface area contributed by atoms with Gasteiger partial charge in [-0.05, 0) is 67.4 Å². The van der Waals surface area contributed by atoms with E-state index in [1.807, 2.05) is 48.8 Å². The second-order valence-corrected chi connectivity index (χ2v) is 10.9. The van der Waals surface area contributed by atoms with Crippen LogP contribution in [0.2, 0.25) is 0 Å². The molecule has 2 atom stereocenters. The summed E-state index contributed by atoms with van der Waals surface area (Å²) in [5.74, 6) is 0.0569. The molecule has 5 nitrogen and oxygen atoms in total. The summed E-state index contributed by atoms with van der Waals surface area (Å²) in [4.78, 5) is 32.0. The standard InChI is InChI=1S/C29H33N3O2S/c1-20-7-5-8-22(17-20)19-32-14-12-21(13-15-32)18-30-28(33)26-23-9-3-4-10-24(23)29(34)31(2)27(26)25-11-6-16-35-25/h3-11,16-17,21,26-27H,12-15,18-19H2,1-2H3,(H,30,33)/t26-,27-/m0/s1. The van der Waals surface area contributed by atoms with Crippen molar-refractivity contribution in [3.8, 4) is 0 Å². The van der Waals surface area contributed by atoms with Gasteiger partial charge in [0.1, 0.15) is 0 Å². The second kappa shape index (κ2) is 10.3. The number of amides is 2. The normalized spacial score (nSPS) is 21.1. The molecule has 0 bridgehead atoms. The predicted molar refractivity (Wildman–Crippen MR) is 141 cm³/mol. The summed E-state index contributed by atoms with van der Waals surface area (Å²) in [5, 5.41) is 5.28. The van der Waals surface area contributed by atoms with Crippen molar-refractivity contribution in [1.82, 2.24) is 15.1 Å². The van der Waals surface area contributed by atoms with Gasteiger partial charge in [0.05, 0.1) is 12.0 Å². The van der Waals surface area contributed by atoms with E-state index in [2.05, 4.69) is 41.4 Å². The number of nitrogens with zero attached hydrogens (tertiary/aromatic N) is 2. The number of carbonyl (C=O) groups is 2. The molecule has 1 aromatic heterocycles. The van der Waals surface area contributed by atoms with Gasteiger partial charge in [0.2, 0.25) is 5.91 Å². The van der Waals surface area contributed by atoms with Crippen LogP contribution in [-0.2, 0) is 11.3 Å². The van der Waals surface area contributed by atoms with E-state index in [9.17, 15) is 9.59 Å². The number of carbonyl (C=O) groups excluding carboxylic acids is 2. The van der Waals surface area contributed by atoms with Crippen molar-refractivity contribution in [2.24, 2.45) is 5.92 Å². The molecule has 0 radical (unpaired) electrons. The molecule has 2 aliphatic heterocycles. The molecule has 0 unspecified atom stereocenters. The molecule has 35 heavy (non-hydrogen) atoms. The molecule has 3 aromatic rings. The zero-order valence-electron chi connectivity index (χ0n) is 20.4. The number of nitrogens with one attached hydrogen (secondary N) is 1. The van der Waals surface area contributed by atoms with Crippen molar-refractivity contribution in [2.45, 2.75) is 38.3 Å². The van der Waals surface area contributed by atoms with Gasteiger partial charge in [0, 0.05) is 30.6 Å². The Labute approximate surface area is 211 Å². The molecule has 5 rings (SSSR count). The quantitative estimate of drug-likeness (QED) is 0.533. The summed E-state index contributed by atoms with van der Waals surface area (Å²) in [5.41, 5.74) is 4.13. The van der Waals surface area contributed by atoms with Crippen molar-refractivity contribution < 1.29 is 9.59 Å². The maximum absolute atomic E-state index is 13.6. The van der Waals surface area contributed by atoms with Crippen LogP contribution >= 0.6 is 11.3 Å². The second-order valence-electron chi connectivity index (χ2n) is 9.89. The Bertz CT molecular complexity index is 1180. The van der Waals surface area contributed by atoms with Gasteiger partial charge in [-0.25, -0.2) is 0 Å². The summed E-state index contributed by atoms with van der Waals surface area (Å²) in [6, 6.07) is 20.0. The topological polar surface area (TPSA) is 52.7 Å². The van der Waals surface area contributed by atoms with Crippen LogP contribution in [0.3, 0.4) is 0 Å². The Hall–Kier alpha value is -2.96. The number of hydrogen-bond donors (Lipinski definition) is 1. The number of likely N-dealkylation sites (tertiary alicyclic amines) is 1. The SMILES string of the molecule is Cc1cccc(CN2CCC(CNC(=O)[C@H]3c4ccccc4C(=O)N(C)[C@H]3c3cccs3)CC2)c1. The molecule has 0 saturated carbocycles. The first-order valence-electron chi connectivity index (χ1n) is 12.5. The Balaban J connectivity index is 1.24. The first-order chi connectivity index (χ1) is 17.0. The minimum Gasteiger partial charge on any atom is -0.355 e. The summed E-state index contributed by atoms with van der Waals surface area (Å²) in [7, 11) is 1.81. The fraction of sp³-hybridized carbons (Fsp3) is 0.379. The van der Waals surface area contributed by atoms with Crippen molar-refractivity contribution >= 4 is 23.2 Å². The summed E-state index contributed by atoms with van der Waals surface area (Å²) in [6.07, 6.45) is 2.17. The smallest absolute Gasteiger partial charge is 0.254 e. The molecule has 0 spiro atoms. The van der Waals surface area contributed by atoms with Crippen molar-refractivity contribution in [2.75, 3.05) is 26.7 Å². The minimum atomic E-state index is -0.408. The number of aryl methyl sites for hydroxylation is 1. The van der Waals surface area contributed by atoms with E-state index >= 15 is 0 Å². The molecular formula is C29H33N3O2S. The fourth-order valence-corrected chi connectivity index (χ4v) is 6.45. The number of benzene rings is 2. The number of fused-ring (bicyclic) bond motifs is 1. The number of piperidine rings is 1. The van der Waals surface area contributed by atoms with Crippen LogP contribution in [0.4, 0.5) is 0 Å². The van der Waals surface area contributed by atoms with E-state index in [-0.39, 0.29) is 17.9 Å². The van der Waals surface area contributed by atoms with E-state index in [4.69, 9.17) is 0 Å². The Morgan fingerprint density at radius 1 is 1.06 bits per heavy atom. The zero-order valence-corrected chi connectivity index (χ0v) is 21.3. The number of thiophene rings is 1. The van der Waals surface area contributed by atoms with E-state index in [0.29, 0.717) is 18.0 Å². The summed E-state index contributed by atoms with van der Waals surface area (Å²) in [6.45, 7) is 5.92. The maximum Gasteiger partial charge on any atom is 0.254 e. The Morgan fingerprint density at radius 3 is 2.60 bits per heavy atom. The van der Waals surface area contributed by atoms with E-state index < -0.39 is 5.92 Å². The monoisotopic (exact) mass is 487 g/mol. The molecule has 1 fully saturated rings. The molecule has 1 saturated heterocycles. The van der Waals surface area contributed by atoms with Gasteiger partial charge in [-0.2, -0.15) is 0 Å². The van der Waals surface area contributed by atoms with Gasteiger partial charge in [-0.3, -0.25) is 14.5 Å². The predicted octanol–water partition coefficient (Wildman–Crippen LogP) is 5.00. The first kappa shape index (κ1) is 23.8. The molecule has 1 N–H and O–H groups in total. The van der Waals surface area contributed by atoms with Gasteiger partial charge in [-0.1, -0.05) is 54.1 Å². The highest BCUT2D eigenvalue weighted by molar-refractivity contribution is 7.10. The van der Waals surface area contributed by atoms with Gasteiger partial charge in [-0.15, -0.1) is 11.3 Å². The fourth-order valence-electron chi connectivity index (χ4n) is 5.54. The van der Waals surface area contributed by atoms with Crippen molar-refractivity contribution in [3.63, 3.8) is 0 Å². The summed E-state index contributed by atoms with van der Waals surface area (Å²) >= 11 is 1.60. The largest absolute Gasteiger partial charge is 0.355 e. The van der Waals surface area contributed by atoms with Gasteiger partial charge < -0.3 is 10.2 Å². The molecule has 182 valence electrons. The van der Waals surface area contributed by atoms with Crippen LogP contribution < -0.4 is 5.32 Å². The highest BCUT2D eigenvalue weighted by atomic mass is 32.1. The van der Waals surface area contributed by atoms with Crippen LogP contribution in [0.25, 0.3) is 0 Å². The highest BCUT2D eigenvalue weighted by Gasteiger charge is 2.43. The Kier molecular flexibility index (Phi) is 7.02. The molecule has 6 heteroatoms. The minimum absolute atomic E-state index is 0.0115. The third-order valence-electron chi connectivity index (χ3n) is 7.46. The van der Waals surface area contributed by atoms with Gasteiger partial charge in [0.25, 0.3) is 5.91 Å². The lowest BCUT2D eigenvalue weighted by Gasteiger charge is -2.39. The van der Waals surface area contributed by atoms with Crippen molar-refractivity contribution in [1.29, 1.82) is 0 Å². The summed E-state index contributed by atoms with van der Waals surface area (Å²) < 4.78 is 0. The average Bonchev–Trinajstić information content (AvgIpc) is 3.40. The highest BCUT2D eigenvalue weighted by Crippen LogP contribution is 2.43. The maximum atomic E-state index is 13.6. The lowest BCUT2D eigenvalue weighted by Crippen LogP contribution is -2.46. The van der Waals surface area contributed by atoms with Crippen LogP contribution in [0.5, 0.6) is 0 Å². The van der Waals surface area contributed by atoms with E-state index in [1.165, 1.54) is 11.1 Å². The number of likely N-dealkylation sites (N-methyl/N-ethyl adjacent to an activating group) is 1. The van der Waals surface area contributed by atoms with Crippen LogP contribution in [0, 0.1) is 12.8 Å². The lowest BCUT2D eigenvalue weighted by molar-refractivity contribution is -0.124. The molecule has 0 aliphatic carbocycles. The van der Waals surface area contributed by atoms with Crippen LogP contribution in [0.1, 0.15) is 56.7 Å². The number of rotatable bonds is 6. The van der Waals surface area contributed by atoms with Gasteiger partial charge >= 0.3 is 0 Å². The molecular weight excluding hydrogens is 454 g/mol. The molecule has 2 amide bonds. The van der Waals surface area contributed by atoms with E-state index in [1.54, 1.807) is 16.2 Å². The van der Waals surface area contributed by atoms with Gasteiger partial charge in [0.15, 0.2) is 0 Å². The zero-order chi connectivity index (χ0) is 24.4. The third kappa shape index (κ3) is 5.04. The lowest BCUT2D eigenvalue weighted by atomic mass is 9.81. The number of hydrogen-bond acceptors (Lipinski definition) is 4. The van der Waals surface area contributed by atoms with Crippen LogP contribution in [0.15, 0.2) is 66.0 Å².